The molecule has 0 bridgehead atoms. The Morgan fingerprint density at radius 1 is 1.11 bits per heavy atom. The Bertz CT molecular complexity index is 600. The van der Waals surface area contributed by atoms with E-state index < -0.39 is 11.5 Å². The first-order valence-electron chi connectivity index (χ1n) is 9.83. The Morgan fingerprint density at radius 2 is 1.70 bits per heavy atom. The molecule has 6 heteroatoms. The lowest BCUT2D eigenvalue weighted by Gasteiger charge is -2.23. The van der Waals surface area contributed by atoms with Crippen molar-refractivity contribution in [2.24, 2.45) is 11.7 Å². The van der Waals surface area contributed by atoms with E-state index in [2.05, 4.69) is 0 Å². The van der Waals surface area contributed by atoms with Gasteiger partial charge in [-0.2, -0.15) is 0 Å². The fourth-order valence-corrected chi connectivity index (χ4v) is 3.19. The van der Waals surface area contributed by atoms with Crippen LogP contribution in [-0.4, -0.2) is 36.4 Å². The van der Waals surface area contributed by atoms with Gasteiger partial charge in [0.05, 0.1) is 19.8 Å². The largest absolute Gasteiger partial charge is 0.490 e. The molecular weight excluding hydrogens is 346 g/mol. The molecule has 0 aliphatic carbocycles. The molecule has 0 heterocycles. The van der Waals surface area contributed by atoms with Gasteiger partial charge < -0.3 is 25.1 Å². The molecule has 1 rings (SSSR count). The van der Waals surface area contributed by atoms with Crippen molar-refractivity contribution in [1.82, 2.24) is 0 Å². The number of aliphatic carboxylic acids is 1. The van der Waals surface area contributed by atoms with Crippen molar-refractivity contribution in [2.75, 3.05) is 19.8 Å². The smallest absolute Gasteiger partial charge is 0.323 e. The Balaban J connectivity index is 2.84. The number of aryl methyl sites for hydroxylation is 1. The Hall–Kier alpha value is -1.95. The molecule has 0 fully saturated rings. The van der Waals surface area contributed by atoms with Gasteiger partial charge in [0, 0.05) is 0 Å². The van der Waals surface area contributed by atoms with Crippen LogP contribution in [0.2, 0.25) is 0 Å². The number of benzene rings is 1. The summed E-state index contributed by atoms with van der Waals surface area (Å²) in [5.41, 5.74) is 5.75. The first kappa shape index (κ1) is 23.1. The van der Waals surface area contributed by atoms with Crippen LogP contribution in [0.3, 0.4) is 0 Å². The monoisotopic (exact) mass is 381 g/mol. The fraction of sp³-hybridized carbons (Fsp3) is 0.667. The van der Waals surface area contributed by atoms with Crippen LogP contribution >= 0.6 is 0 Å². The highest BCUT2D eigenvalue weighted by molar-refractivity contribution is 5.77. The van der Waals surface area contributed by atoms with Crippen LogP contribution in [0, 0.1) is 5.92 Å². The van der Waals surface area contributed by atoms with E-state index in [9.17, 15) is 9.90 Å². The van der Waals surface area contributed by atoms with Crippen LogP contribution in [0.5, 0.6) is 17.2 Å². The lowest BCUT2D eigenvalue weighted by molar-refractivity contribution is -0.143. The van der Waals surface area contributed by atoms with E-state index in [4.69, 9.17) is 19.9 Å². The summed E-state index contributed by atoms with van der Waals surface area (Å²) in [5, 5.41) is 9.17. The Morgan fingerprint density at radius 3 is 2.26 bits per heavy atom. The molecule has 0 saturated heterocycles. The van der Waals surface area contributed by atoms with Crippen molar-refractivity contribution in [3.05, 3.63) is 17.7 Å². The SMILES string of the molecule is CCOc1ccc(CCCC(C)CC(C)(N)C(=O)O)c(OCC)c1OCC. The topological polar surface area (TPSA) is 91.0 Å². The minimum absolute atomic E-state index is 0.223. The molecule has 0 saturated carbocycles. The van der Waals surface area contributed by atoms with Gasteiger partial charge in [-0.15, -0.1) is 0 Å². The zero-order valence-electron chi connectivity index (χ0n) is 17.3. The van der Waals surface area contributed by atoms with Gasteiger partial charge in [0.1, 0.15) is 5.54 Å². The zero-order valence-corrected chi connectivity index (χ0v) is 17.3. The van der Waals surface area contributed by atoms with E-state index in [0.29, 0.717) is 37.7 Å². The van der Waals surface area contributed by atoms with Crippen LogP contribution in [0.25, 0.3) is 0 Å². The van der Waals surface area contributed by atoms with Crippen LogP contribution < -0.4 is 19.9 Å². The van der Waals surface area contributed by atoms with Crippen molar-refractivity contribution in [3.63, 3.8) is 0 Å². The number of rotatable bonds is 13. The second kappa shape index (κ2) is 11.0. The average Bonchev–Trinajstić information content (AvgIpc) is 2.59. The molecule has 3 N–H and O–H groups in total. The highest BCUT2D eigenvalue weighted by Crippen LogP contribution is 2.41. The predicted molar refractivity (Wildman–Crippen MR) is 107 cm³/mol. The number of hydrogen-bond donors (Lipinski definition) is 2. The normalized spacial score (nSPS) is 14.3. The van der Waals surface area contributed by atoms with E-state index in [0.717, 1.165) is 30.6 Å². The van der Waals surface area contributed by atoms with Gasteiger partial charge in [-0.3, -0.25) is 4.79 Å². The highest BCUT2D eigenvalue weighted by Gasteiger charge is 2.29. The van der Waals surface area contributed by atoms with Gasteiger partial charge >= 0.3 is 5.97 Å². The molecule has 0 radical (unpaired) electrons. The summed E-state index contributed by atoms with van der Waals surface area (Å²) in [5.74, 6) is 1.36. The molecule has 1 aromatic carbocycles. The standard InChI is InChI=1S/C21H35NO5/c1-6-25-17-13-12-16(18(26-7-2)19(17)27-8-3)11-9-10-15(4)14-21(5,22)20(23)24/h12-13,15H,6-11,14,22H2,1-5H3,(H,23,24). The Labute approximate surface area is 163 Å². The third-order valence-corrected chi connectivity index (χ3v) is 4.44. The highest BCUT2D eigenvalue weighted by atomic mass is 16.5. The van der Waals surface area contributed by atoms with Crippen molar-refractivity contribution >= 4 is 5.97 Å². The van der Waals surface area contributed by atoms with Gasteiger partial charge in [-0.1, -0.05) is 19.4 Å². The summed E-state index contributed by atoms with van der Waals surface area (Å²) in [6.45, 7) is 11.1. The maximum absolute atomic E-state index is 11.2. The predicted octanol–water partition coefficient (Wildman–Crippen LogP) is 4.03. The number of carbonyl (C=O) groups is 1. The van der Waals surface area contributed by atoms with Crippen LogP contribution in [0.1, 0.15) is 59.4 Å². The summed E-state index contributed by atoms with van der Waals surface area (Å²) in [7, 11) is 0. The van der Waals surface area contributed by atoms with Crippen molar-refractivity contribution < 1.29 is 24.1 Å². The molecule has 6 nitrogen and oxygen atoms in total. The van der Waals surface area contributed by atoms with E-state index in [-0.39, 0.29) is 5.92 Å². The molecule has 2 unspecified atom stereocenters. The van der Waals surface area contributed by atoms with Crippen molar-refractivity contribution in [3.8, 4) is 17.2 Å². The maximum Gasteiger partial charge on any atom is 0.323 e. The third kappa shape index (κ3) is 6.94. The second-order valence-electron chi connectivity index (χ2n) is 7.10. The molecule has 27 heavy (non-hydrogen) atoms. The number of hydrogen-bond acceptors (Lipinski definition) is 5. The average molecular weight is 382 g/mol. The quantitative estimate of drug-likeness (QED) is 0.536. The van der Waals surface area contributed by atoms with Gasteiger partial charge in [-0.25, -0.2) is 0 Å². The summed E-state index contributed by atoms with van der Waals surface area (Å²) < 4.78 is 17.4. The van der Waals surface area contributed by atoms with E-state index in [1.165, 1.54) is 0 Å². The van der Waals surface area contributed by atoms with E-state index in [1.807, 2.05) is 39.8 Å². The van der Waals surface area contributed by atoms with Crippen LogP contribution in [-0.2, 0) is 11.2 Å². The Kier molecular flexibility index (Phi) is 9.43. The number of ether oxygens (including phenoxy) is 3. The summed E-state index contributed by atoms with van der Waals surface area (Å²) in [6, 6.07) is 3.95. The lowest BCUT2D eigenvalue weighted by Crippen LogP contribution is -2.46. The molecule has 154 valence electrons. The van der Waals surface area contributed by atoms with E-state index in [1.54, 1.807) is 6.92 Å². The first-order chi connectivity index (χ1) is 12.8. The molecular formula is C21H35NO5. The van der Waals surface area contributed by atoms with E-state index >= 15 is 0 Å². The fourth-order valence-electron chi connectivity index (χ4n) is 3.19. The minimum Gasteiger partial charge on any atom is -0.490 e. The minimum atomic E-state index is -1.18. The third-order valence-electron chi connectivity index (χ3n) is 4.44. The maximum atomic E-state index is 11.2. The zero-order chi connectivity index (χ0) is 20.4. The molecule has 0 aliphatic rings. The van der Waals surface area contributed by atoms with Gasteiger partial charge in [0.15, 0.2) is 11.5 Å². The van der Waals surface area contributed by atoms with Crippen LogP contribution in [0.15, 0.2) is 12.1 Å². The van der Waals surface area contributed by atoms with Crippen molar-refractivity contribution in [1.29, 1.82) is 0 Å². The summed E-state index contributed by atoms with van der Waals surface area (Å²) >= 11 is 0. The molecule has 0 spiro atoms. The summed E-state index contributed by atoms with van der Waals surface area (Å²) in [4.78, 5) is 11.2. The number of carboxylic acid groups (broad SMARTS) is 1. The molecule has 2 atom stereocenters. The van der Waals surface area contributed by atoms with Gasteiger partial charge in [0.2, 0.25) is 5.75 Å². The molecule has 0 amide bonds. The van der Waals surface area contributed by atoms with Gasteiger partial charge in [-0.05, 0) is 64.5 Å². The van der Waals surface area contributed by atoms with Gasteiger partial charge in [0.25, 0.3) is 0 Å². The molecule has 0 aromatic heterocycles. The first-order valence-corrected chi connectivity index (χ1v) is 9.83. The molecule has 1 aromatic rings. The summed E-state index contributed by atoms with van der Waals surface area (Å²) in [6.07, 6.45) is 3.08. The van der Waals surface area contributed by atoms with Crippen molar-refractivity contribution in [2.45, 2.75) is 65.8 Å². The van der Waals surface area contributed by atoms with Crippen LogP contribution in [0.4, 0.5) is 0 Å². The lowest BCUT2D eigenvalue weighted by atomic mass is 9.87. The molecule has 0 aliphatic heterocycles. The number of carboxylic acids is 1. The number of nitrogens with two attached hydrogens (primary N) is 1. The second-order valence-corrected chi connectivity index (χ2v) is 7.10.